The average Bonchev–Trinajstić information content (AvgIpc) is 2.13. The normalized spacial score (nSPS) is 19.7. The Hall–Kier alpha value is -1.07. The number of phenols is 1. The standard InChI is InChI=1S/C10H13NO3S/c12-10-4-2-1-3-8(10)5-11-9-6-15(13,14)7-9/h1-4,9,11-12H,5-7H2. The van der Waals surface area contributed by atoms with Gasteiger partial charge in [0.05, 0.1) is 11.5 Å². The van der Waals surface area contributed by atoms with Gasteiger partial charge in [0, 0.05) is 18.2 Å². The molecular formula is C10H13NO3S. The molecule has 2 rings (SSSR count). The molecule has 0 atom stereocenters. The molecule has 1 aliphatic heterocycles. The summed E-state index contributed by atoms with van der Waals surface area (Å²) in [6.45, 7) is 0.507. The van der Waals surface area contributed by atoms with Crippen LogP contribution in [-0.4, -0.2) is 31.1 Å². The molecule has 0 radical (unpaired) electrons. The summed E-state index contributed by atoms with van der Waals surface area (Å²) in [5, 5.41) is 12.6. The molecular weight excluding hydrogens is 214 g/mol. The highest BCUT2D eigenvalue weighted by atomic mass is 32.2. The van der Waals surface area contributed by atoms with E-state index in [0.29, 0.717) is 6.54 Å². The molecule has 2 N–H and O–H groups in total. The van der Waals surface area contributed by atoms with Gasteiger partial charge in [0.1, 0.15) is 5.75 Å². The van der Waals surface area contributed by atoms with Crippen molar-refractivity contribution in [3.05, 3.63) is 29.8 Å². The Bertz CT molecular complexity index is 443. The molecule has 0 unspecified atom stereocenters. The van der Waals surface area contributed by atoms with Gasteiger partial charge in [-0.2, -0.15) is 0 Å². The van der Waals surface area contributed by atoms with Crippen LogP contribution in [0.1, 0.15) is 5.56 Å². The van der Waals surface area contributed by atoms with Crippen LogP contribution in [0.4, 0.5) is 0 Å². The Labute approximate surface area is 88.9 Å². The predicted octanol–water partition coefficient (Wildman–Crippen LogP) is 0.279. The number of hydrogen-bond acceptors (Lipinski definition) is 4. The van der Waals surface area contributed by atoms with Crippen LogP contribution in [0.15, 0.2) is 24.3 Å². The van der Waals surface area contributed by atoms with Crippen LogP contribution in [0.25, 0.3) is 0 Å². The zero-order valence-corrected chi connectivity index (χ0v) is 9.00. The van der Waals surface area contributed by atoms with Crippen LogP contribution in [0.2, 0.25) is 0 Å². The SMILES string of the molecule is O=S1(=O)CC(NCc2ccccc2O)C1. The summed E-state index contributed by atoms with van der Waals surface area (Å²) in [6, 6.07) is 7.07. The number of aromatic hydroxyl groups is 1. The zero-order chi connectivity index (χ0) is 10.9. The molecule has 15 heavy (non-hydrogen) atoms. The minimum Gasteiger partial charge on any atom is -0.508 e. The number of hydrogen-bond donors (Lipinski definition) is 2. The first-order chi connectivity index (χ1) is 7.07. The molecule has 0 aliphatic carbocycles. The number of rotatable bonds is 3. The van der Waals surface area contributed by atoms with Crippen molar-refractivity contribution in [3.8, 4) is 5.75 Å². The van der Waals surface area contributed by atoms with Crippen LogP contribution in [0.5, 0.6) is 5.75 Å². The summed E-state index contributed by atoms with van der Waals surface area (Å²) >= 11 is 0. The van der Waals surface area contributed by atoms with E-state index in [-0.39, 0.29) is 23.3 Å². The third-order valence-corrected chi connectivity index (χ3v) is 4.30. The van der Waals surface area contributed by atoms with Crippen LogP contribution < -0.4 is 5.32 Å². The van der Waals surface area contributed by atoms with E-state index < -0.39 is 9.84 Å². The lowest BCUT2D eigenvalue weighted by molar-refractivity contribution is 0.458. The number of phenolic OH excluding ortho intramolecular Hbond substituents is 1. The fraction of sp³-hybridized carbons (Fsp3) is 0.400. The monoisotopic (exact) mass is 227 g/mol. The highest BCUT2D eigenvalue weighted by Crippen LogP contribution is 2.17. The molecule has 1 fully saturated rings. The van der Waals surface area contributed by atoms with Gasteiger partial charge in [-0.3, -0.25) is 0 Å². The van der Waals surface area contributed by atoms with Gasteiger partial charge in [0.15, 0.2) is 9.84 Å². The van der Waals surface area contributed by atoms with Crippen molar-refractivity contribution in [2.75, 3.05) is 11.5 Å². The van der Waals surface area contributed by atoms with Crippen molar-refractivity contribution in [1.29, 1.82) is 0 Å². The first kappa shape index (κ1) is 10.4. The minimum atomic E-state index is -2.77. The van der Waals surface area contributed by atoms with Crippen LogP contribution in [0, 0.1) is 0 Å². The first-order valence-corrected chi connectivity index (χ1v) is 6.60. The molecule has 0 spiro atoms. The molecule has 1 aliphatic rings. The topological polar surface area (TPSA) is 66.4 Å². The van der Waals surface area contributed by atoms with Gasteiger partial charge in [-0.15, -0.1) is 0 Å². The Morgan fingerprint density at radius 3 is 2.60 bits per heavy atom. The largest absolute Gasteiger partial charge is 0.508 e. The van der Waals surface area contributed by atoms with Crippen molar-refractivity contribution < 1.29 is 13.5 Å². The Morgan fingerprint density at radius 2 is 2.00 bits per heavy atom. The van der Waals surface area contributed by atoms with Gasteiger partial charge in [0.25, 0.3) is 0 Å². The molecule has 5 heteroatoms. The van der Waals surface area contributed by atoms with E-state index in [1.54, 1.807) is 12.1 Å². The fourth-order valence-corrected chi connectivity index (χ4v) is 2.96. The molecule has 1 heterocycles. The Balaban J connectivity index is 1.87. The molecule has 0 bridgehead atoms. The number of benzene rings is 1. The van der Waals surface area contributed by atoms with E-state index in [9.17, 15) is 13.5 Å². The van der Waals surface area contributed by atoms with Crippen LogP contribution in [-0.2, 0) is 16.4 Å². The summed E-state index contributed by atoms with van der Waals surface area (Å²) in [6.07, 6.45) is 0. The van der Waals surface area contributed by atoms with Crippen molar-refractivity contribution in [2.45, 2.75) is 12.6 Å². The van der Waals surface area contributed by atoms with Crippen molar-refractivity contribution in [2.24, 2.45) is 0 Å². The van der Waals surface area contributed by atoms with E-state index in [2.05, 4.69) is 5.32 Å². The third kappa shape index (κ3) is 2.49. The lowest BCUT2D eigenvalue weighted by atomic mass is 10.2. The summed E-state index contributed by atoms with van der Waals surface area (Å²) in [5.74, 6) is 0.661. The molecule has 1 saturated heterocycles. The second kappa shape index (κ2) is 3.83. The average molecular weight is 227 g/mol. The summed E-state index contributed by atoms with van der Waals surface area (Å²) < 4.78 is 21.8. The fourth-order valence-electron chi connectivity index (χ4n) is 1.60. The van der Waals surface area contributed by atoms with Gasteiger partial charge in [-0.25, -0.2) is 8.42 Å². The van der Waals surface area contributed by atoms with Gasteiger partial charge in [-0.05, 0) is 6.07 Å². The predicted molar refractivity (Wildman–Crippen MR) is 57.4 cm³/mol. The lowest BCUT2D eigenvalue weighted by Crippen LogP contribution is -2.50. The third-order valence-electron chi connectivity index (χ3n) is 2.48. The number of sulfone groups is 1. The highest BCUT2D eigenvalue weighted by Gasteiger charge is 2.32. The number of nitrogens with one attached hydrogen (secondary N) is 1. The van der Waals surface area contributed by atoms with Gasteiger partial charge in [-0.1, -0.05) is 18.2 Å². The van der Waals surface area contributed by atoms with Crippen molar-refractivity contribution in [3.63, 3.8) is 0 Å². The Kier molecular flexibility index (Phi) is 2.67. The van der Waals surface area contributed by atoms with E-state index in [1.165, 1.54) is 0 Å². The lowest BCUT2D eigenvalue weighted by Gasteiger charge is -2.26. The molecule has 0 aromatic heterocycles. The number of para-hydroxylation sites is 1. The second-order valence-corrected chi connectivity index (χ2v) is 5.94. The minimum absolute atomic E-state index is 0.0367. The zero-order valence-electron chi connectivity index (χ0n) is 8.18. The van der Waals surface area contributed by atoms with E-state index >= 15 is 0 Å². The first-order valence-electron chi connectivity index (χ1n) is 4.77. The van der Waals surface area contributed by atoms with E-state index in [0.717, 1.165) is 5.56 Å². The van der Waals surface area contributed by atoms with Gasteiger partial charge < -0.3 is 10.4 Å². The molecule has 0 saturated carbocycles. The molecule has 1 aromatic carbocycles. The van der Waals surface area contributed by atoms with Gasteiger partial charge in [0.2, 0.25) is 0 Å². The maximum atomic E-state index is 10.9. The van der Waals surface area contributed by atoms with E-state index in [4.69, 9.17) is 0 Å². The van der Waals surface area contributed by atoms with Crippen molar-refractivity contribution in [1.82, 2.24) is 5.32 Å². The maximum Gasteiger partial charge on any atom is 0.153 e. The summed E-state index contributed by atoms with van der Waals surface area (Å²) in [4.78, 5) is 0. The quantitative estimate of drug-likeness (QED) is 0.778. The summed E-state index contributed by atoms with van der Waals surface area (Å²) in [7, 11) is -2.77. The van der Waals surface area contributed by atoms with Gasteiger partial charge >= 0.3 is 0 Å². The van der Waals surface area contributed by atoms with Crippen LogP contribution in [0.3, 0.4) is 0 Å². The highest BCUT2D eigenvalue weighted by molar-refractivity contribution is 7.92. The molecule has 4 nitrogen and oxygen atoms in total. The van der Waals surface area contributed by atoms with Crippen molar-refractivity contribution >= 4 is 9.84 Å². The second-order valence-electron chi connectivity index (χ2n) is 3.78. The molecule has 1 aromatic rings. The summed E-state index contributed by atoms with van der Waals surface area (Å²) in [5.41, 5.74) is 0.793. The molecule has 0 amide bonds. The maximum absolute atomic E-state index is 10.9. The Morgan fingerprint density at radius 1 is 1.33 bits per heavy atom. The molecule has 82 valence electrons. The smallest absolute Gasteiger partial charge is 0.153 e. The van der Waals surface area contributed by atoms with Crippen LogP contribution >= 0.6 is 0 Å². The van der Waals surface area contributed by atoms with E-state index in [1.807, 2.05) is 12.1 Å².